The molecule has 2 N–H and O–H groups in total. The zero-order chi connectivity index (χ0) is 9.19. The Kier molecular flexibility index (Phi) is 2.67. The van der Waals surface area contributed by atoms with Crippen LogP contribution in [0, 0.1) is 0 Å². The molecule has 0 aromatic carbocycles. The minimum Gasteiger partial charge on any atom is -0.393 e. The Morgan fingerprint density at radius 2 is 2.25 bits per heavy atom. The topological polar surface area (TPSA) is 53.4 Å². The third-order valence-electron chi connectivity index (χ3n) is 1.59. The summed E-state index contributed by atoms with van der Waals surface area (Å²) in [6.07, 6.45) is 1.43. The van der Waals surface area contributed by atoms with Gasteiger partial charge in [-0.2, -0.15) is 0 Å². The van der Waals surface area contributed by atoms with Gasteiger partial charge in [-0.25, -0.2) is 0 Å². The van der Waals surface area contributed by atoms with E-state index < -0.39 is 5.60 Å². The van der Waals surface area contributed by atoms with Crippen molar-refractivity contribution in [1.29, 1.82) is 0 Å². The molecule has 0 aliphatic rings. The van der Waals surface area contributed by atoms with E-state index in [-0.39, 0.29) is 6.61 Å². The number of aliphatic hydroxyl groups is 2. The van der Waals surface area contributed by atoms with Crippen molar-refractivity contribution in [1.82, 2.24) is 4.98 Å². The van der Waals surface area contributed by atoms with Crippen molar-refractivity contribution in [2.75, 3.05) is 6.61 Å². The van der Waals surface area contributed by atoms with Gasteiger partial charge in [-0.15, -0.1) is 0 Å². The summed E-state index contributed by atoms with van der Waals surface area (Å²) in [6.45, 7) is 1.13. The van der Waals surface area contributed by atoms with Crippen molar-refractivity contribution in [2.45, 2.75) is 12.5 Å². The van der Waals surface area contributed by atoms with Crippen LogP contribution < -0.4 is 0 Å². The van der Waals surface area contributed by atoms with Crippen LogP contribution in [-0.4, -0.2) is 21.8 Å². The van der Waals surface area contributed by atoms with Crippen molar-refractivity contribution in [3.8, 4) is 0 Å². The molecule has 0 radical (unpaired) electrons. The molecule has 1 atom stereocenters. The summed E-state index contributed by atoms with van der Waals surface area (Å²) < 4.78 is 0. The molecule has 1 heterocycles. The Bertz CT molecular complexity index is 258. The van der Waals surface area contributed by atoms with Crippen molar-refractivity contribution in [3.63, 3.8) is 0 Å². The first-order valence-electron chi connectivity index (χ1n) is 3.51. The van der Waals surface area contributed by atoms with Crippen LogP contribution >= 0.6 is 11.6 Å². The van der Waals surface area contributed by atoms with Gasteiger partial charge >= 0.3 is 0 Å². The third kappa shape index (κ3) is 1.94. The number of hydrogen-bond acceptors (Lipinski definition) is 3. The van der Waals surface area contributed by atoms with Gasteiger partial charge in [-0.1, -0.05) is 11.6 Å². The number of pyridine rings is 1. The molecule has 0 fully saturated rings. The van der Waals surface area contributed by atoms with Crippen LogP contribution in [0.3, 0.4) is 0 Å². The molecule has 12 heavy (non-hydrogen) atoms. The maximum atomic E-state index is 9.53. The van der Waals surface area contributed by atoms with Crippen LogP contribution in [0.25, 0.3) is 0 Å². The zero-order valence-electron chi connectivity index (χ0n) is 6.66. The van der Waals surface area contributed by atoms with E-state index in [1.165, 1.54) is 13.1 Å². The van der Waals surface area contributed by atoms with Gasteiger partial charge < -0.3 is 10.2 Å². The monoisotopic (exact) mass is 187 g/mol. The second kappa shape index (κ2) is 3.39. The van der Waals surface area contributed by atoms with Crippen molar-refractivity contribution in [2.24, 2.45) is 0 Å². The molecule has 1 aromatic rings. The number of hydrogen-bond donors (Lipinski definition) is 2. The number of aliphatic hydroxyl groups excluding tert-OH is 1. The van der Waals surface area contributed by atoms with Gasteiger partial charge in [0.2, 0.25) is 0 Å². The molecular weight excluding hydrogens is 178 g/mol. The Labute approximate surface area is 75.6 Å². The molecule has 0 aliphatic heterocycles. The van der Waals surface area contributed by atoms with Crippen LogP contribution in [0.1, 0.15) is 12.6 Å². The maximum absolute atomic E-state index is 9.53. The predicted octanol–water partition coefficient (Wildman–Crippen LogP) is 0.935. The number of nitrogens with zero attached hydrogens (tertiary/aromatic N) is 1. The Hall–Kier alpha value is -0.640. The van der Waals surface area contributed by atoms with Gasteiger partial charge in [0.25, 0.3) is 0 Å². The van der Waals surface area contributed by atoms with Gasteiger partial charge in [-0.05, 0) is 19.1 Å². The Morgan fingerprint density at radius 3 is 2.67 bits per heavy atom. The highest BCUT2D eigenvalue weighted by atomic mass is 35.5. The average Bonchev–Trinajstić information content (AvgIpc) is 2.05. The van der Waals surface area contributed by atoms with E-state index in [0.29, 0.717) is 10.7 Å². The van der Waals surface area contributed by atoms with E-state index in [9.17, 15) is 5.11 Å². The summed E-state index contributed by atoms with van der Waals surface area (Å²) in [5.74, 6) is 0. The first-order chi connectivity index (χ1) is 5.56. The highest BCUT2D eigenvalue weighted by Gasteiger charge is 2.22. The normalized spacial score (nSPS) is 15.7. The van der Waals surface area contributed by atoms with Crippen LogP contribution in [-0.2, 0) is 5.60 Å². The molecule has 1 aromatic heterocycles. The molecule has 4 heteroatoms. The van der Waals surface area contributed by atoms with Crippen LogP contribution in [0.5, 0.6) is 0 Å². The second-order valence-corrected chi connectivity index (χ2v) is 3.23. The summed E-state index contributed by atoms with van der Waals surface area (Å²) in [6, 6.07) is 3.20. The molecule has 0 bridgehead atoms. The number of rotatable bonds is 2. The van der Waals surface area contributed by atoms with Crippen LogP contribution in [0.2, 0.25) is 5.02 Å². The molecule has 0 aliphatic carbocycles. The summed E-state index contributed by atoms with van der Waals surface area (Å²) in [5, 5.41) is 18.8. The van der Waals surface area contributed by atoms with E-state index in [1.54, 1.807) is 12.1 Å². The largest absolute Gasteiger partial charge is 0.393 e. The summed E-state index contributed by atoms with van der Waals surface area (Å²) in [5.41, 5.74) is -0.876. The lowest BCUT2D eigenvalue weighted by Crippen LogP contribution is -2.26. The van der Waals surface area contributed by atoms with E-state index in [1.807, 2.05) is 0 Å². The van der Waals surface area contributed by atoms with E-state index >= 15 is 0 Å². The number of halogens is 1. The highest BCUT2D eigenvalue weighted by Crippen LogP contribution is 2.18. The minimum absolute atomic E-state index is 0.359. The van der Waals surface area contributed by atoms with Crippen LogP contribution in [0.15, 0.2) is 18.3 Å². The lowest BCUT2D eigenvalue weighted by molar-refractivity contribution is -0.00584. The van der Waals surface area contributed by atoms with Gasteiger partial charge in [0, 0.05) is 6.20 Å². The Morgan fingerprint density at radius 1 is 1.58 bits per heavy atom. The first-order valence-corrected chi connectivity index (χ1v) is 3.89. The highest BCUT2D eigenvalue weighted by molar-refractivity contribution is 6.30. The molecule has 0 saturated heterocycles. The van der Waals surface area contributed by atoms with Crippen LogP contribution in [0.4, 0.5) is 0 Å². The van der Waals surface area contributed by atoms with Gasteiger partial charge in [0.05, 0.1) is 17.3 Å². The predicted molar refractivity (Wildman–Crippen MR) is 45.9 cm³/mol. The first kappa shape index (κ1) is 9.45. The molecule has 66 valence electrons. The smallest absolute Gasteiger partial charge is 0.127 e. The lowest BCUT2D eigenvalue weighted by atomic mass is 10.0. The lowest BCUT2D eigenvalue weighted by Gasteiger charge is -2.18. The molecule has 0 amide bonds. The second-order valence-electron chi connectivity index (χ2n) is 2.79. The summed E-state index contributed by atoms with van der Waals surface area (Å²) in [7, 11) is 0. The molecule has 0 saturated carbocycles. The minimum atomic E-state index is -1.29. The number of aromatic nitrogens is 1. The quantitative estimate of drug-likeness (QED) is 0.725. The van der Waals surface area contributed by atoms with E-state index in [2.05, 4.69) is 4.98 Å². The summed E-state index contributed by atoms with van der Waals surface area (Å²) in [4.78, 5) is 3.88. The average molecular weight is 188 g/mol. The maximum Gasteiger partial charge on any atom is 0.127 e. The zero-order valence-corrected chi connectivity index (χ0v) is 7.41. The van der Waals surface area contributed by atoms with Crippen molar-refractivity contribution >= 4 is 11.6 Å². The van der Waals surface area contributed by atoms with Crippen molar-refractivity contribution < 1.29 is 10.2 Å². The standard InChI is InChI=1S/C8H10ClNO2/c1-8(12,5-11)7-3-2-6(9)4-10-7/h2-4,11-12H,5H2,1H3/t8-/m1/s1. The molecule has 0 spiro atoms. The van der Waals surface area contributed by atoms with Gasteiger partial charge in [0.1, 0.15) is 5.60 Å². The molecular formula is C8H10ClNO2. The van der Waals surface area contributed by atoms with Crippen molar-refractivity contribution in [3.05, 3.63) is 29.0 Å². The molecule has 3 nitrogen and oxygen atoms in total. The summed E-state index contributed by atoms with van der Waals surface area (Å²) >= 11 is 5.60. The van der Waals surface area contributed by atoms with E-state index in [4.69, 9.17) is 16.7 Å². The van der Waals surface area contributed by atoms with Gasteiger partial charge in [-0.3, -0.25) is 4.98 Å². The Balaban J connectivity index is 2.96. The molecule has 1 rings (SSSR count). The fourth-order valence-corrected chi connectivity index (χ4v) is 0.887. The molecule has 0 unspecified atom stereocenters. The fourth-order valence-electron chi connectivity index (χ4n) is 0.775. The van der Waals surface area contributed by atoms with E-state index in [0.717, 1.165) is 0 Å². The SMILES string of the molecule is C[C@@](O)(CO)c1ccc(Cl)cn1. The third-order valence-corrected chi connectivity index (χ3v) is 1.81. The fraction of sp³-hybridized carbons (Fsp3) is 0.375. The van der Waals surface area contributed by atoms with Gasteiger partial charge in [0.15, 0.2) is 0 Å².